The van der Waals surface area contributed by atoms with Crippen molar-refractivity contribution < 1.29 is 27.4 Å². The van der Waals surface area contributed by atoms with Crippen molar-refractivity contribution in [2.45, 2.75) is 25.6 Å². The van der Waals surface area contributed by atoms with Crippen LogP contribution in [-0.4, -0.2) is 23.9 Å². The number of carbonyl (C=O) groups is 1. The van der Waals surface area contributed by atoms with Crippen LogP contribution in [0.25, 0.3) is 0 Å². The molecule has 4 nitrogen and oxygen atoms in total. The summed E-state index contributed by atoms with van der Waals surface area (Å²) in [6.45, 7) is 1.88. The molecule has 0 aromatic carbocycles. The first kappa shape index (κ1) is 17.3. The molecule has 0 fully saturated rings. The third kappa shape index (κ3) is 5.31. The fraction of sp³-hybridized carbons (Fsp3) is 0.455. The first-order valence-electron chi connectivity index (χ1n) is 5.42. The first-order valence-corrected chi connectivity index (χ1v) is 7.03. The Morgan fingerprint density at radius 2 is 2.10 bits per heavy atom. The summed E-state index contributed by atoms with van der Waals surface area (Å²) in [6.07, 6.45) is -4.94. The van der Waals surface area contributed by atoms with Crippen LogP contribution in [0.5, 0.6) is 5.88 Å². The van der Waals surface area contributed by atoms with Gasteiger partial charge in [-0.2, -0.15) is 0 Å². The van der Waals surface area contributed by atoms with Crippen LogP contribution in [-0.2, 0) is 21.8 Å². The number of nitrogens with zero attached hydrogens (tertiary/aromatic N) is 1. The summed E-state index contributed by atoms with van der Waals surface area (Å²) in [5.74, 6) is -1.31. The highest BCUT2D eigenvalue weighted by Gasteiger charge is 2.33. The lowest BCUT2D eigenvalue weighted by atomic mass is 10.1. The predicted molar refractivity (Wildman–Crippen MR) is 73.5 cm³/mol. The zero-order chi connectivity index (χ0) is 15.3. The molecule has 0 radical (unpaired) electrons. The summed E-state index contributed by atoms with van der Waals surface area (Å²) >= 11 is 7.30. The largest absolute Gasteiger partial charge is 0.574 e. The molecule has 9 heteroatoms. The molecule has 0 amide bonds. The molecule has 0 saturated heterocycles. The summed E-state index contributed by atoms with van der Waals surface area (Å²) in [7, 11) is 0. The minimum atomic E-state index is -4.85. The van der Waals surface area contributed by atoms with E-state index in [1.807, 2.05) is 0 Å². The van der Waals surface area contributed by atoms with Gasteiger partial charge in [0.15, 0.2) is 0 Å². The molecule has 0 aliphatic rings. The maximum atomic E-state index is 12.2. The van der Waals surface area contributed by atoms with Gasteiger partial charge in [-0.05, 0) is 41.1 Å². The summed E-state index contributed by atoms with van der Waals surface area (Å²) in [5.41, 5.74) is 0.498. The number of pyridine rings is 1. The molecule has 0 unspecified atom stereocenters. The van der Waals surface area contributed by atoms with Crippen molar-refractivity contribution in [3.05, 3.63) is 20.9 Å². The molecule has 0 aliphatic heterocycles. The molecule has 0 spiro atoms. The Hall–Kier alpha value is -0.770. The zero-order valence-corrected chi connectivity index (χ0v) is 13.2. The van der Waals surface area contributed by atoms with Gasteiger partial charge in [-0.25, -0.2) is 4.98 Å². The molecule has 1 rings (SSSR count). The second kappa shape index (κ2) is 7.30. The van der Waals surface area contributed by atoms with Crippen LogP contribution < -0.4 is 4.74 Å². The van der Waals surface area contributed by atoms with E-state index in [0.29, 0.717) is 5.56 Å². The van der Waals surface area contributed by atoms with Gasteiger partial charge < -0.3 is 9.47 Å². The fourth-order valence-corrected chi connectivity index (χ4v) is 2.11. The molecule has 0 saturated carbocycles. The van der Waals surface area contributed by atoms with Gasteiger partial charge in [0.05, 0.1) is 18.9 Å². The standard InChI is InChI=1S/C11H10ClF3INO3/c1-2-19-8(18)4-6-3-7(5-12)10(17-9(6)16)20-11(13,14)15/h3H,2,4-5H2,1H3. The van der Waals surface area contributed by atoms with E-state index in [1.54, 1.807) is 29.5 Å². The van der Waals surface area contributed by atoms with Crippen molar-refractivity contribution in [1.82, 2.24) is 4.98 Å². The van der Waals surface area contributed by atoms with E-state index in [0.717, 1.165) is 0 Å². The van der Waals surface area contributed by atoms with Gasteiger partial charge in [-0.15, -0.1) is 24.8 Å². The third-order valence-corrected chi connectivity index (χ3v) is 3.31. The van der Waals surface area contributed by atoms with E-state index in [1.165, 1.54) is 6.07 Å². The van der Waals surface area contributed by atoms with E-state index in [9.17, 15) is 18.0 Å². The molecule has 20 heavy (non-hydrogen) atoms. The van der Waals surface area contributed by atoms with Gasteiger partial charge >= 0.3 is 12.3 Å². The van der Waals surface area contributed by atoms with E-state index in [2.05, 4.69) is 9.72 Å². The SMILES string of the molecule is CCOC(=O)Cc1cc(CCl)c(OC(F)(F)F)nc1I. The number of ether oxygens (including phenoxy) is 2. The average molecular weight is 424 g/mol. The van der Waals surface area contributed by atoms with Gasteiger partial charge in [0.25, 0.3) is 0 Å². The zero-order valence-electron chi connectivity index (χ0n) is 10.3. The molecule has 0 N–H and O–H groups in total. The molecular weight excluding hydrogens is 413 g/mol. The Morgan fingerprint density at radius 1 is 1.45 bits per heavy atom. The Morgan fingerprint density at radius 3 is 2.60 bits per heavy atom. The summed E-state index contributed by atoms with van der Waals surface area (Å²) in [5, 5.41) is 0. The van der Waals surface area contributed by atoms with Crippen LogP contribution in [0.4, 0.5) is 13.2 Å². The monoisotopic (exact) mass is 423 g/mol. The van der Waals surface area contributed by atoms with Crippen molar-refractivity contribution in [3.63, 3.8) is 0 Å². The van der Waals surface area contributed by atoms with Crippen molar-refractivity contribution in [2.75, 3.05) is 6.61 Å². The highest BCUT2D eigenvalue weighted by Crippen LogP contribution is 2.28. The number of hydrogen-bond acceptors (Lipinski definition) is 4. The van der Waals surface area contributed by atoms with Crippen LogP contribution in [0.15, 0.2) is 6.07 Å². The van der Waals surface area contributed by atoms with Crippen LogP contribution in [0, 0.1) is 3.70 Å². The molecule has 1 aromatic rings. The molecule has 112 valence electrons. The summed E-state index contributed by atoms with van der Waals surface area (Å²) < 4.78 is 45.4. The highest BCUT2D eigenvalue weighted by atomic mass is 127. The Bertz CT molecular complexity index is 497. The second-order valence-corrected chi connectivity index (χ2v) is 4.85. The Kier molecular flexibility index (Phi) is 6.31. The number of hydrogen-bond donors (Lipinski definition) is 0. The maximum absolute atomic E-state index is 12.2. The smallest absolute Gasteiger partial charge is 0.466 e. The van der Waals surface area contributed by atoms with Crippen LogP contribution >= 0.6 is 34.2 Å². The van der Waals surface area contributed by atoms with Crippen molar-refractivity contribution in [2.24, 2.45) is 0 Å². The van der Waals surface area contributed by atoms with Crippen LogP contribution in [0.2, 0.25) is 0 Å². The molecule has 1 heterocycles. The van der Waals surface area contributed by atoms with Crippen LogP contribution in [0.3, 0.4) is 0 Å². The number of carbonyl (C=O) groups excluding carboxylic acids is 1. The lowest BCUT2D eigenvalue weighted by Crippen LogP contribution is -2.20. The topological polar surface area (TPSA) is 48.4 Å². The minimum Gasteiger partial charge on any atom is -0.466 e. The second-order valence-electron chi connectivity index (χ2n) is 3.57. The molecule has 0 bridgehead atoms. The average Bonchev–Trinajstić information content (AvgIpc) is 2.31. The van der Waals surface area contributed by atoms with Crippen LogP contribution in [0.1, 0.15) is 18.1 Å². The van der Waals surface area contributed by atoms with E-state index < -0.39 is 18.2 Å². The normalized spacial score (nSPS) is 11.3. The first-order chi connectivity index (χ1) is 9.26. The number of halogens is 5. The van der Waals surface area contributed by atoms with Gasteiger partial charge in [0.2, 0.25) is 5.88 Å². The molecule has 1 aromatic heterocycles. The van der Waals surface area contributed by atoms with E-state index in [4.69, 9.17) is 16.3 Å². The predicted octanol–water partition coefficient (Wildman–Crippen LogP) is 3.43. The molecule has 0 aliphatic carbocycles. The Balaban J connectivity index is 3.03. The quantitative estimate of drug-likeness (QED) is 0.315. The minimum absolute atomic E-state index is 0.0590. The fourth-order valence-electron chi connectivity index (χ4n) is 1.35. The van der Waals surface area contributed by atoms with Gasteiger partial charge in [0.1, 0.15) is 3.70 Å². The van der Waals surface area contributed by atoms with E-state index >= 15 is 0 Å². The number of rotatable bonds is 5. The van der Waals surface area contributed by atoms with E-state index in [-0.39, 0.29) is 28.2 Å². The molecule has 0 atom stereocenters. The van der Waals surface area contributed by atoms with Crippen molar-refractivity contribution in [1.29, 1.82) is 0 Å². The van der Waals surface area contributed by atoms with Gasteiger partial charge in [-0.1, -0.05) is 0 Å². The summed E-state index contributed by atoms with van der Waals surface area (Å²) in [4.78, 5) is 15.1. The van der Waals surface area contributed by atoms with Gasteiger partial charge in [-0.3, -0.25) is 4.79 Å². The van der Waals surface area contributed by atoms with Crippen molar-refractivity contribution in [3.8, 4) is 5.88 Å². The Labute approximate surface area is 131 Å². The lowest BCUT2D eigenvalue weighted by molar-refractivity contribution is -0.276. The number of alkyl halides is 4. The lowest BCUT2D eigenvalue weighted by Gasteiger charge is -2.13. The van der Waals surface area contributed by atoms with Crippen molar-refractivity contribution >= 4 is 40.2 Å². The van der Waals surface area contributed by atoms with Gasteiger partial charge in [0, 0.05) is 5.56 Å². The number of esters is 1. The molecular formula is C11H10ClF3INO3. The third-order valence-electron chi connectivity index (χ3n) is 2.08. The summed E-state index contributed by atoms with van der Waals surface area (Å²) in [6, 6.07) is 1.36. The highest BCUT2D eigenvalue weighted by molar-refractivity contribution is 14.1. The number of aromatic nitrogens is 1. The maximum Gasteiger partial charge on any atom is 0.574 e.